The van der Waals surface area contributed by atoms with E-state index in [2.05, 4.69) is 74.1 Å². The molecule has 0 fully saturated rings. The number of hydrogen-bond donors (Lipinski definition) is 1. The topological polar surface area (TPSA) is 81.0 Å². The summed E-state index contributed by atoms with van der Waals surface area (Å²) < 4.78 is 4.26. The maximum Gasteiger partial charge on any atom is 0.224 e. The molecule has 0 saturated carbocycles. The van der Waals surface area contributed by atoms with Gasteiger partial charge in [-0.25, -0.2) is 4.68 Å². The number of nitrogens with zero attached hydrogens (tertiary/aromatic N) is 7. The lowest BCUT2D eigenvalue weighted by molar-refractivity contribution is 0.306. The lowest BCUT2D eigenvalue weighted by Crippen LogP contribution is -2.29. The fraction of sp³-hybridized carbons (Fsp3) is 0.292. The molecule has 0 atom stereocenters. The molecular weight excluding hydrogens is 400 g/mol. The van der Waals surface area contributed by atoms with Gasteiger partial charge >= 0.3 is 0 Å². The Bertz CT molecular complexity index is 1300. The summed E-state index contributed by atoms with van der Waals surface area (Å²) in [5.74, 6) is 1.68. The molecule has 0 aliphatic carbocycles. The maximum absolute atomic E-state index is 5.90. The highest BCUT2D eigenvalue weighted by Crippen LogP contribution is 2.24. The lowest BCUT2D eigenvalue weighted by atomic mass is 10.2. The molecule has 0 saturated heterocycles. The van der Waals surface area contributed by atoms with E-state index in [-0.39, 0.29) is 5.95 Å². The van der Waals surface area contributed by atoms with Gasteiger partial charge in [0.25, 0.3) is 0 Å². The van der Waals surface area contributed by atoms with Crippen LogP contribution in [0.1, 0.15) is 17.0 Å². The van der Waals surface area contributed by atoms with Crippen molar-refractivity contribution < 1.29 is 0 Å². The summed E-state index contributed by atoms with van der Waals surface area (Å²) >= 11 is 0. The zero-order chi connectivity index (χ0) is 22.2. The van der Waals surface area contributed by atoms with Crippen molar-refractivity contribution in [2.75, 3.05) is 31.3 Å². The molecule has 1 aliphatic rings. The third-order valence-corrected chi connectivity index (χ3v) is 6.03. The van der Waals surface area contributed by atoms with Crippen molar-refractivity contribution in [3.63, 3.8) is 0 Å². The van der Waals surface area contributed by atoms with E-state index in [4.69, 9.17) is 5.73 Å². The van der Waals surface area contributed by atoms with Crippen LogP contribution >= 0.6 is 0 Å². The molecule has 2 N–H and O–H groups in total. The van der Waals surface area contributed by atoms with Crippen molar-refractivity contribution in [3.05, 3.63) is 71.8 Å². The van der Waals surface area contributed by atoms with Crippen LogP contribution < -0.4 is 10.6 Å². The highest BCUT2D eigenvalue weighted by atomic mass is 15.3. The van der Waals surface area contributed by atoms with Crippen LogP contribution in [0.4, 0.5) is 11.8 Å². The Labute approximate surface area is 187 Å². The predicted octanol–water partition coefficient (Wildman–Crippen LogP) is 3.15. The van der Waals surface area contributed by atoms with Gasteiger partial charge in [-0.05, 0) is 42.6 Å². The third kappa shape index (κ3) is 3.68. The standard InChI is InChI=1S/C24H28N8/c1-17-19(15-26-32(17)23-14-22(29(2)3)27-24(25)28-23)8-6-10-30-11-12-31-20(16-30)13-18-7-4-5-9-21(18)31/h4-7,9-10,13-15H,8,11-12,16H2,1-3H3,(H2,25,27,28)/b10-6+. The van der Waals surface area contributed by atoms with Gasteiger partial charge < -0.3 is 20.1 Å². The van der Waals surface area contributed by atoms with Crippen LogP contribution in [0, 0.1) is 6.92 Å². The van der Waals surface area contributed by atoms with Crippen LogP contribution in [0.15, 0.2) is 54.9 Å². The van der Waals surface area contributed by atoms with Gasteiger partial charge in [0, 0.05) is 50.2 Å². The van der Waals surface area contributed by atoms with Gasteiger partial charge in [-0.2, -0.15) is 15.1 Å². The van der Waals surface area contributed by atoms with Crippen molar-refractivity contribution in [1.82, 2.24) is 29.2 Å². The van der Waals surface area contributed by atoms with Crippen LogP contribution in [0.25, 0.3) is 16.7 Å². The molecule has 164 valence electrons. The van der Waals surface area contributed by atoms with E-state index >= 15 is 0 Å². The zero-order valence-electron chi connectivity index (χ0n) is 18.7. The van der Waals surface area contributed by atoms with Gasteiger partial charge in [-0.1, -0.05) is 24.3 Å². The van der Waals surface area contributed by atoms with Crippen molar-refractivity contribution >= 4 is 22.7 Å². The number of fused-ring (bicyclic) bond motifs is 3. The molecule has 0 bridgehead atoms. The second-order valence-corrected chi connectivity index (χ2v) is 8.41. The molecule has 8 heteroatoms. The van der Waals surface area contributed by atoms with Gasteiger partial charge in [0.2, 0.25) is 5.95 Å². The van der Waals surface area contributed by atoms with Gasteiger partial charge in [0.1, 0.15) is 5.82 Å². The molecule has 0 amide bonds. The van der Waals surface area contributed by atoms with Crippen LogP contribution in [0.2, 0.25) is 0 Å². The van der Waals surface area contributed by atoms with Crippen LogP contribution in [0.5, 0.6) is 0 Å². The van der Waals surface area contributed by atoms with Crippen molar-refractivity contribution in [2.45, 2.75) is 26.4 Å². The molecule has 0 unspecified atom stereocenters. The summed E-state index contributed by atoms with van der Waals surface area (Å²) in [7, 11) is 3.86. The number of rotatable bonds is 5. The number of nitrogen functional groups attached to an aromatic ring is 1. The maximum atomic E-state index is 5.90. The van der Waals surface area contributed by atoms with Crippen LogP contribution in [-0.4, -0.2) is 49.9 Å². The van der Waals surface area contributed by atoms with E-state index in [1.165, 1.54) is 16.6 Å². The Morgan fingerprint density at radius 3 is 2.81 bits per heavy atom. The number of anilines is 2. The summed E-state index contributed by atoms with van der Waals surface area (Å²) in [6.07, 6.45) is 7.14. The van der Waals surface area contributed by atoms with E-state index in [9.17, 15) is 0 Å². The number of benzene rings is 1. The van der Waals surface area contributed by atoms with Crippen LogP contribution in [0.3, 0.4) is 0 Å². The molecule has 0 spiro atoms. The number of para-hydroxylation sites is 1. The summed E-state index contributed by atoms with van der Waals surface area (Å²) in [6.45, 7) is 5.00. The second kappa shape index (κ2) is 8.03. The summed E-state index contributed by atoms with van der Waals surface area (Å²) in [6, 6.07) is 12.8. The molecule has 5 rings (SSSR count). The monoisotopic (exact) mass is 428 g/mol. The Kier molecular flexibility index (Phi) is 5.05. The highest BCUT2D eigenvalue weighted by Gasteiger charge is 2.16. The molecule has 8 nitrogen and oxygen atoms in total. The Morgan fingerprint density at radius 1 is 1.12 bits per heavy atom. The van der Waals surface area contributed by atoms with Gasteiger partial charge in [-0.3, -0.25) is 0 Å². The van der Waals surface area contributed by atoms with Gasteiger partial charge in [0.05, 0.1) is 12.7 Å². The fourth-order valence-corrected chi connectivity index (χ4v) is 4.29. The number of hydrogen-bond acceptors (Lipinski definition) is 6. The molecule has 4 heterocycles. The van der Waals surface area contributed by atoms with Gasteiger partial charge in [-0.15, -0.1) is 0 Å². The smallest absolute Gasteiger partial charge is 0.224 e. The summed E-state index contributed by atoms with van der Waals surface area (Å²) in [5, 5.41) is 5.87. The predicted molar refractivity (Wildman–Crippen MR) is 128 cm³/mol. The average Bonchev–Trinajstić information content (AvgIpc) is 3.33. The quantitative estimate of drug-likeness (QED) is 0.526. The van der Waals surface area contributed by atoms with Crippen molar-refractivity contribution in [2.24, 2.45) is 0 Å². The van der Waals surface area contributed by atoms with E-state index in [1.807, 2.05) is 35.9 Å². The van der Waals surface area contributed by atoms with Crippen LogP contribution in [-0.2, 0) is 19.5 Å². The van der Waals surface area contributed by atoms with E-state index < -0.39 is 0 Å². The van der Waals surface area contributed by atoms with Crippen molar-refractivity contribution in [1.29, 1.82) is 0 Å². The third-order valence-electron chi connectivity index (χ3n) is 6.03. The number of aromatic nitrogens is 5. The second-order valence-electron chi connectivity index (χ2n) is 8.41. The van der Waals surface area contributed by atoms with E-state index in [1.54, 1.807) is 0 Å². The minimum atomic E-state index is 0.241. The number of allylic oxidation sites excluding steroid dienone is 1. The summed E-state index contributed by atoms with van der Waals surface area (Å²) in [4.78, 5) is 12.9. The van der Waals surface area contributed by atoms with Gasteiger partial charge in [0.15, 0.2) is 5.82 Å². The highest BCUT2D eigenvalue weighted by molar-refractivity contribution is 5.81. The first-order valence-corrected chi connectivity index (χ1v) is 10.8. The fourth-order valence-electron chi connectivity index (χ4n) is 4.29. The molecular formula is C24H28N8. The SMILES string of the molecule is Cc1c(C/C=C/N2CCn3c(cc4ccccc43)C2)cnn1-c1cc(N(C)C)nc(N)n1. The first-order chi connectivity index (χ1) is 15.5. The Morgan fingerprint density at radius 2 is 1.97 bits per heavy atom. The normalized spacial score (nSPS) is 13.8. The largest absolute Gasteiger partial charge is 0.370 e. The average molecular weight is 429 g/mol. The molecule has 0 radical (unpaired) electrons. The molecule has 4 aromatic rings. The first kappa shape index (κ1) is 20.1. The zero-order valence-corrected chi connectivity index (χ0v) is 18.7. The van der Waals surface area contributed by atoms with E-state index in [0.717, 1.165) is 43.1 Å². The lowest BCUT2D eigenvalue weighted by Gasteiger charge is -2.27. The van der Waals surface area contributed by atoms with Crippen molar-refractivity contribution in [3.8, 4) is 5.82 Å². The minimum Gasteiger partial charge on any atom is -0.370 e. The minimum absolute atomic E-state index is 0.241. The molecule has 3 aromatic heterocycles. The molecule has 1 aromatic carbocycles. The summed E-state index contributed by atoms with van der Waals surface area (Å²) in [5.41, 5.74) is 10.8. The Balaban J connectivity index is 1.29. The molecule has 32 heavy (non-hydrogen) atoms. The van der Waals surface area contributed by atoms with E-state index in [0.29, 0.717) is 5.82 Å². The molecule has 1 aliphatic heterocycles. The Hall–Kier alpha value is -3.81. The first-order valence-electron chi connectivity index (χ1n) is 10.8. The number of nitrogens with two attached hydrogens (primary N) is 1.